The van der Waals surface area contributed by atoms with Crippen LogP contribution in [0.3, 0.4) is 0 Å². The SMILES string of the molecule is CC(C)(C)[Si](C)(C)OC[C@H]1OCC(O[Si](C)(C)C(C)(C)C)(n2cnc3c(N)ncnc32)C1N. The van der Waals surface area contributed by atoms with Gasteiger partial charge in [-0.05, 0) is 36.3 Å². The highest BCUT2D eigenvalue weighted by atomic mass is 28.4. The van der Waals surface area contributed by atoms with Gasteiger partial charge < -0.3 is 25.1 Å². The number of ether oxygens (including phenoxy) is 1. The van der Waals surface area contributed by atoms with Crippen molar-refractivity contribution in [3.8, 4) is 0 Å². The van der Waals surface area contributed by atoms with Crippen molar-refractivity contribution < 1.29 is 13.6 Å². The summed E-state index contributed by atoms with van der Waals surface area (Å²) in [7, 11) is -4.24. The molecule has 0 bridgehead atoms. The van der Waals surface area contributed by atoms with Gasteiger partial charge >= 0.3 is 0 Å². The van der Waals surface area contributed by atoms with Crippen molar-refractivity contribution in [3.63, 3.8) is 0 Å². The maximum atomic E-state index is 7.05. The third-order valence-corrected chi connectivity index (χ3v) is 16.8. The molecule has 3 rings (SSSR count). The molecule has 4 N–H and O–H groups in total. The molecule has 9 nitrogen and oxygen atoms in total. The van der Waals surface area contributed by atoms with Crippen LogP contribution in [-0.2, 0) is 19.3 Å². The summed E-state index contributed by atoms with van der Waals surface area (Å²) in [4.78, 5) is 13.0. The molecule has 0 aromatic carbocycles. The highest BCUT2D eigenvalue weighted by molar-refractivity contribution is 6.74. The van der Waals surface area contributed by atoms with Gasteiger partial charge in [0.2, 0.25) is 0 Å². The lowest BCUT2D eigenvalue weighted by Gasteiger charge is -2.46. The fraction of sp³-hybridized carbons (Fsp3) is 0.773. The van der Waals surface area contributed by atoms with E-state index >= 15 is 0 Å². The minimum absolute atomic E-state index is 0.0279. The highest BCUT2D eigenvalue weighted by Crippen LogP contribution is 2.45. The van der Waals surface area contributed by atoms with E-state index in [0.29, 0.717) is 23.6 Å². The van der Waals surface area contributed by atoms with Crippen LogP contribution in [0.2, 0.25) is 36.3 Å². The maximum absolute atomic E-state index is 7.05. The van der Waals surface area contributed by atoms with Crippen LogP contribution in [0.15, 0.2) is 12.7 Å². The largest absolute Gasteiger partial charge is 0.414 e. The van der Waals surface area contributed by atoms with E-state index in [-0.39, 0.29) is 22.8 Å². The van der Waals surface area contributed by atoms with Gasteiger partial charge in [-0.3, -0.25) is 4.57 Å². The van der Waals surface area contributed by atoms with E-state index in [1.165, 1.54) is 6.33 Å². The minimum Gasteiger partial charge on any atom is -0.414 e. The van der Waals surface area contributed by atoms with Crippen molar-refractivity contribution in [1.29, 1.82) is 0 Å². The van der Waals surface area contributed by atoms with Gasteiger partial charge in [0.05, 0.1) is 31.7 Å². The molecule has 2 aromatic heterocycles. The second-order valence-electron chi connectivity index (χ2n) is 12.2. The molecule has 186 valence electrons. The molecule has 0 saturated carbocycles. The number of hydrogen-bond acceptors (Lipinski definition) is 8. The Morgan fingerprint density at radius 3 is 2.24 bits per heavy atom. The van der Waals surface area contributed by atoms with Gasteiger partial charge in [-0.25, -0.2) is 15.0 Å². The first-order chi connectivity index (χ1) is 14.9. The summed E-state index contributed by atoms with van der Waals surface area (Å²) in [6, 6.07) is -0.481. The van der Waals surface area contributed by atoms with Gasteiger partial charge in [0.1, 0.15) is 11.8 Å². The van der Waals surface area contributed by atoms with Crippen LogP contribution >= 0.6 is 0 Å². The summed E-state index contributed by atoms with van der Waals surface area (Å²) >= 11 is 0. The highest BCUT2D eigenvalue weighted by Gasteiger charge is 2.56. The number of imidazole rings is 1. The van der Waals surface area contributed by atoms with Crippen molar-refractivity contribution in [2.45, 2.75) is 95.7 Å². The Balaban J connectivity index is 2.03. The number of hydrogen-bond donors (Lipinski definition) is 2. The van der Waals surface area contributed by atoms with Crippen LogP contribution < -0.4 is 11.5 Å². The first-order valence-corrected chi connectivity index (χ1v) is 17.4. The molecule has 1 saturated heterocycles. The van der Waals surface area contributed by atoms with Gasteiger partial charge in [0.15, 0.2) is 33.8 Å². The van der Waals surface area contributed by atoms with E-state index in [2.05, 4.69) is 82.7 Å². The van der Waals surface area contributed by atoms with Crippen LogP contribution in [0.1, 0.15) is 41.5 Å². The molecule has 11 heteroatoms. The van der Waals surface area contributed by atoms with E-state index in [1.807, 2.05) is 4.57 Å². The predicted octanol–water partition coefficient (Wildman–Crippen LogP) is 3.83. The predicted molar refractivity (Wildman–Crippen MR) is 137 cm³/mol. The Hall–Kier alpha value is -1.38. The standard InChI is InChI=1S/C22H42N6O3Si2/c1-20(2,3)32(7,8)30-11-15-17(23)22(12-29-15,31-33(9,10)21(4,5)6)28-14-27-16-18(24)25-13-26-19(16)28/h13-15,17H,11-12,23H2,1-10H3,(H2,24,25,26)/t15-,17?,22?/m1/s1. The topological polar surface area (TPSA) is 123 Å². The lowest BCUT2D eigenvalue weighted by molar-refractivity contribution is -0.0363. The average molecular weight is 495 g/mol. The summed E-state index contributed by atoms with van der Waals surface area (Å²) < 4.78 is 21.7. The molecule has 0 radical (unpaired) electrons. The Kier molecular flexibility index (Phi) is 6.66. The summed E-state index contributed by atoms with van der Waals surface area (Å²) in [6.07, 6.45) is 2.82. The van der Waals surface area contributed by atoms with Crippen LogP contribution in [0.4, 0.5) is 5.82 Å². The monoisotopic (exact) mass is 494 g/mol. The quantitative estimate of drug-likeness (QED) is 0.581. The first kappa shape index (κ1) is 26.2. The van der Waals surface area contributed by atoms with Crippen molar-refractivity contribution in [2.24, 2.45) is 5.73 Å². The molecule has 0 spiro atoms. The van der Waals surface area contributed by atoms with E-state index in [9.17, 15) is 0 Å². The molecule has 1 fully saturated rings. The molecule has 3 atom stereocenters. The molecule has 33 heavy (non-hydrogen) atoms. The van der Waals surface area contributed by atoms with Crippen molar-refractivity contribution in [3.05, 3.63) is 12.7 Å². The molecule has 0 amide bonds. The Morgan fingerprint density at radius 2 is 1.67 bits per heavy atom. The second-order valence-corrected chi connectivity index (χ2v) is 21.7. The van der Waals surface area contributed by atoms with Crippen LogP contribution in [0.5, 0.6) is 0 Å². The molecule has 2 aromatic rings. The van der Waals surface area contributed by atoms with Gasteiger partial charge in [-0.1, -0.05) is 41.5 Å². The van der Waals surface area contributed by atoms with Crippen LogP contribution in [0, 0.1) is 0 Å². The molecule has 1 aliphatic rings. The number of aromatic nitrogens is 4. The van der Waals surface area contributed by atoms with Gasteiger partial charge in [0.25, 0.3) is 0 Å². The average Bonchev–Trinajstić information content (AvgIpc) is 3.22. The third kappa shape index (κ3) is 4.63. The zero-order chi connectivity index (χ0) is 25.0. The van der Waals surface area contributed by atoms with Gasteiger partial charge in [0, 0.05) is 0 Å². The molecule has 1 aliphatic heterocycles. The number of rotatable bonds is 6. The molecular formula is C22H42N6O3Si2. The minimum atomic E-state index is -2.28. The zero-order valence-corrected chi connectivity index (χ0v) is 23.9. The normalized spacial score (nSPS) is 25.2. The van der Waals surface area contributed by atoms with Crippen molar-refractivity contribution >= 4 is 33.6 Å². The van der Waals surface area contributed by atoms with E-state index in [1.54, 1.807) is 6.33 Å². The van der Waals surface area contributed by atoms with Gasteiger partial charge in [-0.2, -0.15) is 0 Å². The molecule has 0 aliphatic carbocycles. The molecule has 2 unspecified atom stereocenters. The van der Waals surface area contributed by atoms with E-state index in [0.717, 1.165) is 0 Å². The van der Waals surface area contributed by atoms with E-state index in [4.69, 9.17) is 25.1 Å². The molecular weight excluding hydrogens is 452 g/mol. The van der Waals surface area contributed by atoms with Crippen LogP contribution in [-0.4, -0.2) is 61.5 Å². The Bertz CT molecular complexity index is 998. The van der Waals surface area contributed by atoms with E-state index < -0.39 is 28.4 Å². The second kappa shape index (κ2) is 8.38. The fourth-order valence-corrected chi connectivity index (χ4v) is 5.97. The lowest BCUT2D eigenvalue weighted by Crippen LogP contribution is -2.60. The Labute approximate surface area is 199 Å². The smallest absolute Gasteiger partial charge is 0.195 e. The summed E-state index contributed by atoms with van der Waals surface area (Å²) in [5.74, 6) is 0.325. The summed E-state index contributed by atoms with van der Waals surface area (Å²) in [6.45, 7) is 22.9. The summed E-state index contributed by atoms with van der Waals surface area (Å²) in [5.41, 5.74) is 13.2. The number of nitrogen functional groups attached to an aromatic ring is 1. The zero-order valence-electron chi connectivity index (χ0n) is 21.9. The number of nitrogens with two attached hydrogens (primary N) is 2. The fourth-order valence-electron chi connectivity index (χ4n) is 3.48. The maximum Gasteiger partial charge on any atom is 0.195 e. The number of anilines is 1. The van der Waals surface area contributed by atoms with Gasteiger partial charge in [-0.15, -0.1) is 0 Å². The number of fused-ring (bicyclic) bond motifs is 1. The Morgan fingerprint density at radius 1 is 1.06 bits per heavy atom. The van der Waals surface area contributed by atoms with Crippen molar-refractivity contribution in [2.75, 3.05) is 18.9 Å². The third-order valence-electron chi connectivity index (χ3n) is 7.85. The van der Waals surface area contributed by atoms with Crippen molar-refractivity contribution in [1.82, 2.24) is 19.5 Å². The lowest BCUT2D eigenvalue weighted by atomic mass is 10.0. The van der Waals surface area contributed by atoms with Crippen LogP contribution in [0.25, 0.3) is 11.2 Å². The molecule has 3 heterocycles. The summed E-state index contributed by atoms with van der Waals surface area (Å²) in [5, 5.41) is 0.0687. The first-order valence-electron chi connectivity index (χ1n) is 11.6. The number of nitrogens with zero attached hydrogens (tertiary/aromatic N) is 4.